The number of nitrogens with zero attached hydrogens (tertiary/aromatic N) is 3. The summed E-state index contributed by atoms with van der Waals surface area (Å²) in [7, 11) is 0. The number of hydrogen-bond donors (Lipinski definition) is 3. The smallest absolute Gasteiger partial charge is 0.475 e. The van der Waals surface area contributed by atoms with E-state index in [1.54, 1.807) is 4.90 Å². The highest BCUT2D eigenvalue weighted by Crippen LogP contribution is 2.40. The number of alkyl halides is 3. The third-order valence-corrected chi connectivity index (χ3v) is 8.35. The van der Waals surface area contributed by atoms with Crippen LogP contribution in [-0.2, 0) is 22.6 Å². The molecule has 218 valence electrons. The Morgan fingerprint density at radius 1 is 1.07 bits per heavy atom. The minimum absolute atomic E-state index is 0.0381. The highest BCUT2D eigenvalue weighted by Gasteiger charge is 2.38. The lowest BCUT2D eigenvalue weighted by atomic mass is 9.84. The zero-order chi connectivity index (χ0) is 28.9. The van der Waals surface area contributed by atoms with E-state index in [0.29, 0.717) is 37.4 Å². The predicted molar refractivity (Wildman–Crippen MR) is 146 cm³/mol. The van der Waals surface area contributed by atoms with E-state index in [2.05, 4.69) is 17.4 Å². The van der Waals surface area contributed by atoms with Crippen molar-refractivity contribution in [2.45, 2.75) is 87.8 Å². The molecule has 12 heteroatoms. The van der Waals surface area contributed by atoms with Crippen LogP contribution in [0, 0.1) is 0 Å². The van der Waals surface area contributed by atoms with Crippen LogP contribution in [0.3, 0.4) is 0 Å². The normalized spacial score (nSPS) is 19.4. The molecule has 1 unspecified atom stereocenters. The van der Waals surface area contributed by atoms with Gasteiger partial charge in [0.1, 0.15) is 11.2 Å². The van der Waals surface area contributed by atoms with Gasteiger partial charge in [-0.3, -0.25) is 14.2 Å². The second-order valence-electron chi connectivity index (χ2n) is 10.5. The van der Waals surface area contributed by atoms with Crippen LogP contribution in [-0.4, -0.2) is 50.7 Å². The Hall–Kier alpha value is -2.86. The molecular formula is C28H35F3N4O4S. The molecule has 0 bridgehead atoms. The highest BCUT2D eigenvalue weighted by atomic mass is 32.1. The van der Waals surface area contributed by atoms with E-state index in [1.165, 1.54) is 24.8 Å². The van der Waals surface area contributed by atoms with Crippen molar-refractivity contribution in [3.63, 3.8) is 0 Å². The number of carboxylic acid groups (broad SMARTS) is 1. The molecule has 2 aromatic rings. The minimum atomic E-state index is -5.08. The van der Waals surface area contributed by atoms with Crippen molar-refractivity contribution in [2.75, 3.05) is 13.1 Å². The Bertz CT molecular complexity index is 1240. The van der Waals surface area contributed by atoms with Crippen molar-refractivity contribution in [3.05, 3.63) is 63.3 Å². The zero-order valence-electron chi connectivity index (χ0n) is 22.2. The van der Waals surface area contributed by atoms with Crippen LogP contribution in [0.4, 0.5) is 13.2 Å². The fraction of sp³-hybridized carbons (Fsp3) is 0.571. The summed E-state index contributed by atoms with van der Waals surface area (Å²) in [6.45, 7) is 1.91. The monoisotopic (exact) mass is 580 g/mol. The van der Waals surface area contributed by atoms with Crippen LogP contribution < -0.4 is 10.9 Å². The lowest BCUT2D eigenvalue weighted by Gasteiger charge is -2.36. The number of carbonyl (C=O) groups excluding carboxylic acids is 1. The summed E-state index contributed by atoms with van der Waals surface area (Å²) < 4.78 is 33.7. The van der Waals surface area contributed by atoms with Crippen molar-refractivity contribution < 1.29 is 27.9 Å². The molecule has 2 aliphatic carbocycles. The number of benzene rings is 1. The molecular weight excluding hydrogens is 545 g/mol. The molecule has 1 aromatic heterocycles. The fourth-order valence-corrected chi connectivity index (χ4v) is 5.97. The van der Waals surface area contributed by atoms with Gasteiger partial charge < -0.3 is 15.3 Å². The Morgan fingerprint density at radius 2 is 1.73 bits per heavy atom. The van der Waals surface area contributed by atoms with Crippen LogP contribution in [0.1, 0.15) is 91.3 Å². The van der Waals surface area contributed by atoms with Gasteiger partial charge in [0.05, 0.1) is 11.3 Å². The second kappa shape index (κ2) is 13.2. The van der Waals surface area contributed by atoms with E-state index in [0.717, 1.165) is 43.7 Å². The Morgan fingerprint density at radius 3 is 2.30 bits per heavy atom. The maximum absolute atomic E-state index is 13.8. The molecule has 3 aliphatic rings. The lowest BCUT2D eigenvalue weighted by Crippen LogP contribution is -2.45. The lowest BCUT2D eigenvalue weighted by molar-refractivity contribution is -0.192. The third-order valence-electron chi connectivity index (χ3n) is 7.81. The minimum Gasteiger partial charge on any atom is -0.475 e. The predicted octanol–water partition coefficient (Wildman–Crippen LogP) is 4.75. The second-order valence-corrected chi connectivity index (χ2v) is 11.0. The van der Waals surface area contributed by atoms with E-state index in [-0.39, 0.29) is 17.5 Å². The Labute approximate surface area is 236 Å². The van der Waals surface area contributed by atoms with Crippen LogP contribution >= 0.6 is 12.6 Å². The van der Waals surface area contributed by atoms with Crippen molar-refractivity contribution in [2.24, 2.45) is 0 Å². The Kier molecular flexibility index (Phi) is 9.94. The van der Waals surface area contributed by atoms with Gasteiger partial charge in [-0.15, -0.1) is 12.6 Å². The fourth-order valence-electron chi connectivity index (χ4n) is 5.46. The topological polar surface area (TPSA) is 105 Å². The first-order chi connectivity index (χ1) is 19.1. The number of aliphatic carboxylic acids is 1. The molecule has 5 rings (SSSR count). The first-order valence-electron chi connectivity index (χ1n) is 13.8. The number of carbonyl (C=O) groups is 2. The summed E-state index contributed by atoms with van der Waals surface area (Å²) in [6.07, 6.45) is 3.86. The molecule has 0 spiro atoms. The number of rotatable bonds is 7. The van der Waals surface area contributed by atoms with Crippen molar-refractivity contribution >= 4 is 24.5 Å². The first kappa shape index (κ1) is 30.1. The highest BCUT2D eigenvalue weighted by molar-refractivity contribution is 7.80. The van der Waals surface area contributed by atoms with Gasteiger partial charge in [0.25, 0.3) is 5.56 Å². The van der Waals surface area contributed by atoms with E-state index in [4.69, 9.17) is 27.5 Å². The van der Waals surface area contributed by atoms with Gasteiger partial charge in [-0.05, 0) is 31.2 Å². The molecule has 1 aliphatic heterocycles. The van der Waals surface area contributed by atoms with Crippen LogP contribution in [0.15, 0.2) is 35.1 Å². The standard InChI is InChI=1S/C26H34N4O2S.C2HF3O2/c31-22(13-15-27-17-18-7-2-1-3-8-18)29-16-14-21-23(26(29)33)25(32)30(20-11-4-5-12-20)24(28-21)19-9-6-10-19;3-2(4,5)1(6)7/h1-3,7-8,19-20,26-27,33H,4-6,9-17H2;(H,6,7). The van der Waals surface area contributed by atoms with Crippen molar-refractivity contribution in [3.8, 4) is 0 Å². The van der Waals surface area contributed by atoms with Crippen molar-refractivity contribution in [1.29, 1.82) is 0 Å². The summed E-state index contributed by atoms with van der Waals surface area (Å²) >= 11 is 4.79. The molecule has 2 saturated carbocycles. The average Bonchev–Trinajstić information content (AvgIpc) is 3.40. The van der Waals surface area contributed by atoms with Gasteiger partial charge in [-0.2, -0.15) is 13.2 Å². The molecule has 1 amide bonds. The average molecular weight is 581 g/mol. The summed E-state index contributed by atoms with van der Waals surface area (Å²) in [6, 6.07) is 10.4. The molecule has 1 aromatic carbocycles. The number of thiol groups is 1. The maximum atomic E-state index is 13.8. The molecule has 2 heterocycles. The molecule has 2 N–H and O–H groups in total. The van der Waals surface area contributed by atoms with Crippen LogP contribution in [0.2, 0.25) is 0 Å². The van der Waals surface area contributed by atoms with E-state index < -0.39 is 17.5 Å². The summed E-state index contributed by atoms with van der Waals surface area (Å²) in [4.78, 5) is 42.5. The van der Waals surface area contributed by atoms with Gasteiger partial charge in [0.15, 0.2) is 0 Å². The van der Waals surface area contributed by atoms with Gasteiger partial charge in [0.2, 0.25) is 5.91 Å². The Balaban J connectivity index is 0.000000470. The number of halogens is 3. The van der Waals surface area contributed by atoms with Gasteiger partial charge in [-0.1, -0.05) is 49.6 Å². The van der Waals surface area contributed by atoms with E-state index >= 15 is 0 Å². The number of aromatic nitrogens is 2. The SMILES string of the molecule is O=C(CCNCc1ccccc1)N1CCc2nc(C3CCC3)n(C3CCCC3)c(=O)c2C1S.O=C(O)C(F)(F)F. The summed E-state index contributed by atoms with van der Waals surface area (Å²) in [5, 5.41) is 9.96. The van der Waals surface area contributed by atoms with Gasteiger partial charge in [0, 0.05) is 44.4 Å². The van der Waals surface area contributed by atoms with Crippen LogP contribution in [0.5, 0.6) is 0 Å². The maximum Gasteiger partial charge on any atom is 0.490 e. The largest absolute Gasteiger partial charge is 0.490 e. The molecule has 0 saturated heterocycles. The first-order valence-corrected chi connectivity index (χ1v) is 14.3. The quantitative estimate of drug-likeness (QED) is 0.323. The molecule has 1 atom stereocenters. The third kappa shape index (κ3) is 7.06. The molecule has 40 heavy (non-hydrogen) atoms. The molecule has 2 fully saturated rings. The molecule has 0 radical (unpaired) electrons. The number of fused-ring (bicyclic) bond motifs is 1. The zero-order valence-corrected chi connectivity index (χ0v) is 23.1. The van der Waals surface area contributed by atoms with Crippen molar-refractivity contribution in [1.82, 2.24) is 19.8 Å². The van der Waals surface area contributed by atoms with Crippen LogP contribution in [0.25, 0.3) is 0 Å². The molecule has 8 nitrogen and oxygen atoms in total. The van der Waals surface area contributed by atoms with E-state index in [9.17, 15) is 22.8 Å². The summed E-state index contributed by atoms with van der Waals surface area (Å²) in [5.74, 6) is -1.30. The van der Waals surface area contributed by atoms with E-state index in [1.807, 2.05) is 22.8 Å². The van der Waals surface area contributed by atoms with Gasteiger partial charge >= 0.3 is 12.1 Å². The number of hydrogen-bond acceptors (Lipinski definition) is 6. The number of amides is 1. The van der Waals surface area contributed by atoms with Gasteiger partial charge in [-0.25, -0.2) is 9.78 Å². The summed E-state index contributed by atoms with van der Waals surface area (Å²) in [5.41, 5.74) is 2.74. The number of nitrogens with one attached hydrogen (secondary N) is 1. The number of carboxylic acids is 1.